The Bertz CT molecular complexity index is 1470. The van der Waals surface area contributed by atoms with Gasteiger partial charge in [0.1, 0.15) is 23.1 Å². The maximum Gasteiger partial charge on any atom is 0.573 e. The zero-order chi connectivity index (χ0) is 27.1. The molecule has 3 heterocycles. The average Bonchev–Trinajstić information content (AvgIpc) is 2.86. The molecule has 0 aliphatic carbocycles. The van der Waals surface area contributed by atoms with E-state index in [2.05, 4.69) is 25.5 Å². The molecule has 1 aliphatic rings. The summed E-state index contributed by atoms with van der Waals surface area (Å²) in [5.41, 5.74) is 1.76. The number of aryl methyl sites for hydroxylation is 1. The Balaban J connectivity index is 1.67. The fourth-order valence-corrected chi connectivity index (χ4v) is 4.97. The van der Waals surface area contributed by atoms with E-state index < -0.39 is 11.9 Å². The molecule has 1 aromatic carbocycles. The van der Waals surface area contributed by atoms with Crippen molar-refractivity contribution in [1.29, 1.82) is 5.26 Å². The van der Waals surface area contributed by atoms with E-state index in [9.17, 15) is 23.2 Å². The number of aromatic nitrogens is 2. The Hall–Kier alpha value is -4.09. The number of pyridine rings is 2. The molecule has 2 aromatic heterocycles. The molecule has 0 bridgehead atoms. The van der Waals surface area contributed by atoms with Gasteiger partial charge < -0.3 is 19.0 Å². The number of piperazine rings is 1. The average molecular weight is 511 g/mol. The maximum absolute atomic E-state index is 13.0. The van der Waals surface area contributed by atoms with Crippen LogP contribution in [0.3, 0.4) is 0 Å². The van der Waals surface area contributed by atoms with E-state index in [0.717, 1.165) is 5.56 Å². The largest absolute Gasteiger partial charge is 0.573 e. The SMILES string of the molecule is [C-]#[N+]c1ccc2c(n1)c(N1C[C@@H](C)N(C(C)c3ccc(OC(F)(F)F)cc3)C[C@@H]1C)c(C#N)c(=O)n2C. The van der Waals surface area contributed by atoms with Crippen LogP contribution in [-0.2, 0) is 7.05 Å². The van der Waals surface area contributed by atoms with Gasteiger partial charge in [0.2, 0.25) is 5.52 Å². The molecule has 11 heteroatoms. The van der Waals surface area contributed by atoms with Crippen LogP contribution >= 0.6 is 0 Å². The van der Waals surface area contributed by atoms with Crippen molar-refractivity contribution < 1.29 is 17.9 Å². The first-order valence-electron chi connectivity index (χ1n) is 11.6. The van der Waals surface area contributed by atoms with Crippen molar-refractivity contribution in [3.63, 3.8) is 0 Å². The minimum atomic E-state index is -4.75. The van der Waals surface area contributed by atoms with Gasteiger partial charge in [0.15, 0.2) is 0 Å². The molecule has 3 aromatic rings. The summed E-state index contributed by atoms with van der Waals surface area (Å²) in [6.45, 7) is 14.4. The Morgan fingerprint density at radius 2 is 1.84 bits per heavy atom. The molecular weight excluding hydrogens is 485 g/mol. The second kappa shape index (κ2) is 9.75. The van der Waals surface area contributed by atoms with Gasteiger partial charge in [0.05, 0.1) is 5.52 Å². The van der Waals surface area contributed by atoms with Gasteiger partial charge in [-0.3, -0.25) is 9.69 Å². The van der Waals surface area contributed by atoms with Crippen molar-refractivity contribution in [2.45, 2.75) is 45.3 Å². The molecule has 8 nitrogen and oxygen atoms in total. The zero-order valence-corrected chi connectivity index (χ0v) is 20.7. The quantitative estimate of drug-likeness (QED) is 0.464. The highest BCUT2D eigenvalue weighted by molar-refractivity contribution is 5.93. The number of nitriles is 1. The molecule has 0 saturated carbocycles. The lowest BCUT2D eigenvalue weighted by Crippen LogP contribution is -2.57. The third-order valence-corrected chi connectivity index (χ3v) is 6.84. The number of benzene rings is 1. The number of rotatable bonds is 4. The first kappa shape index (κ1) is 26.0. The van der Waals surface area contributed by atoms with Crippen molar-refractivity contribution >= 4 is 22.5 Å². The first-order chi connectivity index (χ1) is 17.4. The molecule has 192 valence electrons. The van der Waals surface area contributed by atoms with E-state index in [-0.39, 0.29) is 35.3 Å². The molecule has 0 spiro atoms. The van der Waals surface area contributed by atoms with Crippen LogP contribution in [0.15, 0.2) is 41.2 Å². The van der Waals surface area contributed by atoms with Crippen LogP contribution in [-0.4, -0.2) is 46.0 Å². The Morgan fingerprint density at radius 1 is 1.16 bits per heavy atom. The lowest BCUT2D eigenvalue weighted by Gasteiger charge is -2.47. The van der Waals surface area contributed by atoms with Crippen molar-refractivity contribution in [3.8, 4) is 11.8 Å². The molecule has 3 atom stereocenters. The highest BCUT2D eigenvalue weighted by Gasteiger charge is 2.36. The van der Waals surface area contributed by atoms with Crippen LogP contribution in [0.25, 0.3) is 15.9 Å². The fraction of sp³-hybridized carbons (Fsp3) is 0.385. The predicted molar refractivity (Wildman–Crippen MR) is 132 cm³/mol. The molecule has 0 N–H and O–H groups in total. The molecule has 1 saturated heterocycles. The summed E-state index contributed by atoms with van der Waals surface area (Å²) in [6.07, 6.45) is -4.75. The van der Waals surface area contributed by atoms with Crippen molar-refractivity contribution in [2.24, 2.45) is 7.05 Å². The summed E-state index contributed by atoms with van der Waals surface area (Å²) in [7, 11) is 1.57. The number of hydrogen-bond donors (Lipinski definition) is 0. The Kier molecular flexibility index (Phi) is 6.85. The van der Waals surface area contributed by atoms with Crippen molar-refractivity contribution in [1.82, 2.24) is 14.5 Å². The predicted octanol–water partition coefficient (Wildman–Crippen LogP) is 4.91. The number of fused-ring (bicyclic) bond motifs is 1. The van der Waals surface area contributed by atoms with Gasteiger partial charge in [-0.2, -0.15) is 5.26 Å². The number of nitrogens with zero attached hydrogens (tertiary/aromatic N) is 6. The molecule has 1 aliphatic heterocycles. The summed E-state index contributed by atoms with van der Waals surface area (Å²) in [5, 5.41) is 9.91. The van der Waals surface area contributed by atoms with Crippen molar-refractivity contribution in [2.75, 3.05) is 18.0 Å². The third-order valence-electron chi connectivity index (χ3n) is 6.84. The summed E-state index contributed by atoms with van der Waals surface area (Å²) >= 11 is 0. The summed E-state index contributed by atoms with van der Waals surface area (Å²) in [6, 6.07) is 10.8. The number of hydrogen-bond acceptors (Lipinski definition) is 6. The second-order valence-corrected chi connectivity index (χ2v) is 9.19. The minimum absolute atomic E-state index is 0.0227. The standard InChI is InChI=1S/C26H25F3N6O2/c1-15-14-35(24-20(12-30)25(36)33(5)21-10-11-22(31-4)32-23(21)24)16(2)13-34(15)17(3)18-6-8-19(9-7-18)37-26(27,28)29/h6-11,15-17H,13-14H2,1-3,5H3/t15-,16+,17?/m1/s1. The number of anilines is 1. The van der Waals surface area contributed by atoms with E-state index in [1.54, 1.807) is 31.3 Å². The lowest BCUT2D eigenvalue weighted by atomic mass is 9.99. The number of halogens is 3. The highest BCUT2D eigenvalue weighted by Crippen LogP contribution is 2.35. The van der Waals surface area contributed by atoms with E-state index in [1.807, 2.05) is 25.7 Å². The van der Waals surface area contributed by atoms with Crippen LogP contribution in [0.1, 0.15) is 37.9 Å². The summed E-state index contributed by atoms with van der Waals surface area (Å²) in [5.74, 6) is -0.107. The zero-order valence-electron chi connectivity index (χ0n) is 20.7. The first-order valence-corrected chi connectivity index (χ1v) is 11.6. The number of alkyl halides is 3. The smallest absolute Gasteiger partial charge is 0.406 e. The molecular formula is C26H25F3N6O2. The van der Waals surface area contributed by atoms with Gasteiger partial charge >= 0.3 is 6.36 Å². The van der Waals surface area contributed by atoms with Gasteiger partial charge in [0.25, 0.3) is 11.4 Å². The van der Waals surface area contributed by atoms with E-state index in [1.165, 1.54) is 16.7 Å². The third kappa shape index (κ3) is 4.95. The summed E-state index contributed by atoms with van der Waals surface area (Å²) < 4.78 is 42.9. The lowest BCUT2D eigenvalue weighted by molar-refractivity contribution is -0.274. The minimum Gasteiger partial charge on any atom is -0.406 e. The maximum atomic E-state index is 13.0. The molecule has 37 heavy (non-hydrogen) atoms. The summed E-state index contributed by atoms with van der Waals surface area (Å²) in [4.78, 5) is 25.1. The van der Waals surface area contributed by atoms with E-state index >= 15 is 0 Å². The number of ether oxygens (including phenoxy) is 1. The van der Waals surface area contributed by atoms with Crippen LogP contribution in [0.2, 0.25) is 0 Å². The van der Waals surface area contributed by atoms with Gasteiger partial charge in [-0.25, -0.2) is 0 Å². The molecule has 1 fully saturated rings. The monoisotopic (exact) mass is 510 g/mol. The highest BCUT2D eigenvalue weighted by atomic mass is 19.4. The van der Waals surface area contributed by atoms with Crippen molar-refractivity contribution in [3.05, 3.63) is 69.3 Å². The fourth-order valence-electron chi connectivity index (χ4n) is 4.97. The van der Waals surface area contributed by atoms with Gasteiger partial charge in [-0.15, -0.1) is 18.2 Å². The topological polar surface area (TPSA) is 78.8 Å². The molecule has 0 amide bonds. The van der Waals surface area contributed by atoms with Crippen LogP contribution in [0.5, 0.6) is 5.75 Å². The van der Waals surface area contributed by atoms with Gasteiger partial charge in [-0.1, -0.05) is 18.7 Å². The van der Waals surface area contributed by atoms with E-state index in [4.69, 9.17) is 6.57 Å². The Labute approximate surface area is 211 Å². The second-order valence-electron chi connectivity index (χ2n) is 9.19. The van der Waals surface area contributed by atoms with E-state index in [0.29, 0.717) is 29.8 Å². The van der Waals surface area contributed by atoms with Gasteiger partial charge in [-0.05, 0) is 50.6 Å². The Morgan fingerprint density at radius 3 is 2.43 bits per heavy atom. The van der Waals surface area contributed by atoms with Crippen LogP contribution in [0, 0.1) is 17.9 Å². The van der Waals surface area contributed by atoms with Crippen LogP contribution < -0.4 is 15.2 Å². The molecule has 0 radical (unpaired) electrons. The molecule has 4 rings (SSSR count). The molecule has 1 unspecified atom stereocenters. The van der Waals surface area contributed by atoms with Crippen LogP contribution in [0.4, 0.5) is 24.7 Å². The normalized spacial score (nSPS) is 19.3. The van der Waals surface area contributed by atoms with Gasteiger partial charge in [0, 0.05) is 38.3 Å².